The lowest BCUT2D eigenvalue weighted by Crippen LogP contribution is -2.16. The second-order valence-corrected chi connectivity index (χ2v) is 5.09. The van der Waals surface area contributed by atoms with Gasteiger partial charge in [-0.3, -0.25) is 9.48 Å². The number of hydrogen-bond acceptors (Lipinski definition) is 2. The standard InChI is InChI=1S/C13H13Cl2N3O/c1-8-5-10(18(2)17-8)7-13(19)16-12-4-3-9(14)6-11(12)15/h3-6H,7H2,1-2H3,(H,16,19). The Balaban J connectivity index is 2.07. The van der Waals surface area contributed by atoms with Crippen LogP contribution >= 0.6 is 23.2 Å². The predicted octanol–water partition coefficient (Wildman–Crippen LogP) is 3.22. The normalized spacial score (nSPS) is 10.5. The summed E-state index contributed by atoms with van der Waals surface area (Å²) in [6.07, 6.45) is 0.246. The van der Waals surface area contributed by atoms with Gasteiger partial charge >= 0.3 is 0 Å². The second kappa shape index (κ2) is 5.63. The van der Waals surface area contributed by atoms with Crippen molar-refractivity contribution in [1.29, 1.82) is 0 Å². The average Bonchev–Trinajstić information content (AvgIpc) is 2.61. The summed E-state index contributed by atoms with van der Waals surface area (Å²) in [5.74, 6) is -0.146. The van der Waals surface area contributed by atoms with Gasteiger partial charge in [0.2, 0.25) is 5.91 Å². The van der Waals surface area contributed by atoms with Crippen LogP contribution in [0.3, 0.4) is 0 Å². The first-order valence-corrected chi connectivity index (χ1v) is 6.45. The van der Waals surface area contributed by atoms with Gasteiger partial charge in [0, 0.05) is 17.8 Å². The summed E-state index contributed by atoms with van der Waals surface area (Å²) < 4.78 is 1.69. The number of halogens is 2. The van der Waals surface area contributed by atoms with Gasteiger partial charge in [0.15, 0.2) is 0 Å². The molecule has 6 heteroatoms. The van der Waals surface area contributed by atoms with E-state index in [1.807, 2.05) is 20.0 Å². The predicted molar refractivity (Wildman–Crippen MR) is 76.7 cm³/mol. The highest BCUT2D eigenvalue weighted by molar-refractivity contribution is 6.36. The quantitative estimate of drug-likeness (QED) is 0.945. The molecule has 0 unspecified atom stereocenters. The van der Waals surface area contributed by atoms with E-state index in [1.165, 1.54) is 0 Å². The third kappa shape index (κ3) is 3.49. The van der Waals surface area contributed by atoms with Crippen molar-refractivity contribution in [2.75, 3.05) is 5.32 Å². The van der Waals surface area contributed by atoms with Gasteiger partial charge in [-0.05, 0) is 31.2 Å². The van der Waals surface area contributed by atoms with Crippen LogP contribution in [0.5, 0.6) is 0 Å². The summed E-state index contributed by atoms with van der Waals surface area (Å²) in [5, 5.41) is 7.90. The number of carbonyl (C=O) groups excluding carboxylic acids is 1. The molecule has 0 aliphatic carbocycles. The smallest absolute Gasteiger partial charge is 0.230 e. The summed E-state index contributed by atoms with van der Waals surface area (Å²) >= 11 is 11.8. The first-order valence-electron chi connectivity index (χ1n) is 5.70. The van der Waals surface area contributed by atoms with E-state index in [0.29, 0.717) is 15.7 Å². The van der Waals surface area contributed by atoms with Crippen LogP contribution in [0, 0.1) is 6.92 Å². The maximum Gasteiger partial charge on any atom is 0.230 e. The first kappa shape index (κ1) is 13.9. The number of hydrogen-bond donors (Lipinski definition) is 1. The van der Waals surface area contributed by atoms with E-state index in [-0.39, 0.29) is 12.3 Å². The lowest BCUT2D eigenvalue weighted by molar-refractivity contribution is -0.115. The zero-order valence-corrected chi connectivity index (χ0v) is 12.1. The molecule has 19 heavy (non-hydrogen) atoms. The van der Waals surface area contributed by atoms with Crippen LogP contribution in [-0.4, -0.2) is 15.7 Å². The van der Waals surface area contributed by atoms with E-state index in [9.17, 15) is 4.79 Å². The maximum absolute atomic E-state index is 11.9. The summed E-state index contributed by atoms with van der Waals surface area (Å²) in [7, 11) is 1.81. The van der Waals surface area contributed by atoms with E-state index in [2.05, 4.69) is 10.4 Å². The minimum absolute atomic E-state index is 0.146. The number of rotatable bonds is 3. The number of aryl methyl sites for hydroxylation is 2. The van der Waals surface area contributed by atoms with Crippen molar-refractivity contribution in [2.24, 2.45) is 7.05 Å². The van der Waals surface area contributed by atoms with Crippen molar-refractivity contribution >= 4 is 34.8 Å². The number of carbonyl (C=O) groups is 1. The highest BCUT2D eigenvalue weighted by atomic mass is 35.5. The van der Waals surface area contributed by atoms with E-state index < -0.39 is 0 Å². The van der Waals surface area contributed by atoms with Gasteiger partial charge in [-0.25, -0.2) is 0 Å². The Hall–Kier alpha value is -1.52. The Kier molecular flexibility index (Phi) is 4.12. The molecule has 1 heterocycles. The van der Waals surface area contributed by atoms with Gasteiger partial charge in [-0.15, -0.1) is 0 Å². The fraction of sp³-hybridized carbons (Fsp3) is 0.231. The molecule has 2 rings (SSSR count). The lowest BCUT2D eigenvalue weighted by Gasteiger charge is -2.07. The summed E-state index contributed by atoms with van der Waals surface area (Å²) in [6.45, 7) is 1.89. The number of aromatic nitrogens is 2. The van der Waals surface area contributed by atoms with E-state index in [1.54, 1.807) is 22.9 Å². The molecule has 0 fully saturated rings. The van der Waals surface area contributed by atoms with Crippen LogP contribution in [0.15, 0.2) is 24.3 Å². The van der Waals surface area contributed by atoms with Crippen LogP contribution in [-0.2, 0) is 18.3 Å². The van der Waals surface area contributed by atoms with Crippen molar-refractivity contribution in [1.82, 2.24) is 9.78 Å². The van der Waals surface area contributed by atoms with Crippen LogP contribution in [0.1, 0.15) is 11.4 Å². The Morgan fingerprint density at radius 1 is 1.37 bits per heavy atom. The van der Waals surface area contributed by atoms with Crippen LogP contribution in [0.2, 0.25) is 10.0 Å². The summed E-state index contributed by atoms with van der Waals surface area (Å²) in [4.78, 5) is 11.9. The Labute approximate surface area is 121 Å². The van der Waals surface area contributed by atoms with E-state index in [4.69, 9.17) is 23.2 Å². The molecule has 100 valence electrons. The van der Waals surface area contributed by atoms with Crippen molar-refractivity contribution in [3.63, 3.8) is 0 Å². The highest BCUT2D eigenvalue weighted by Gasteiger charge is 2.10. The van der Waals surface area contributed by atoms with Crippen molar-refractivity contribution < 1.29 is 4.79 Å². The number of amides is 1. The average molecular weight is 298 g/mol. The fourth-order valence-corrected chi connectivity index (χ4v) is 2.24. The minimum atomic E-state index is -0.146. The molecule has 0 atom stereocenters. The van der Waals surface area contributed by atoms with Crippen molar-refractivity contribution in [3.05, 3.63) is 45.7 Å². The van der Waals surface area contributed by atoms with Crippen molar-refractivity contribution in [2.45, 2.75) is 13.3 Å². The molecule has 0 saturated heterocycles. The van der Waals surface area contributed by atoms with Crippen molar-refractivity contribution in [3.8, 4) is 0 Å². The molecule has 0 radical (unpaired) electrons. The largest absolute Gasteiger partial charge is 0.324 e. The Morgan fingerprint density at radius 2 is 2.11 bits per heavy atom. The molecule has 0 spiro atoms. The first-order chi connectivity index (χ1) is 8.95. The minimum Gasteiger partial charge on any atom is -0.324 e. The van der Waals surface area contributed by atoms with E-state index >= 15 is 0 Å². The fourth-order valence-electron chi connectivity index (χ4n) is 1.78. The van der Waals surface area contributed by atoms with Gasteiger partial charge < -0.3 is 5.32 Å². The molecule has 0 aliphatic rings. The maximum atomic E-state index is 11.9. The van der Waals surface area contributed by atoms with Gasteiger partial charge in [0.25, 0.3) is 0 Å². The molecule has 1 N–H and O–H groups in total. The zero-order valence-electron chi connectivity index (χ0n) is 10.6. The number of anilines is 1. The molecule has 0 bridgehead atoms. The van der Waals surface area contributed by atoms with Gasteiger partial charge in [0.1, 0.15) is 0 Å². The highest BCUT2D eigenvalue weighted by Crippen LogP contribution is 2.25. The molecule has 4 nitrogen and oxygen atoms in total. The number of nitrogens with one attached hydrogen (secondary N) is 1. The number of benzene rings is 1. The summed E-state index contributed by atoms with van der Waals surface area (Å²) in [5.41, 5.74) is 2.28. The third-order valence-electron chi connectivity index (χ3n) is 2.65. The van der Waals surface area contributed by atoms with Crippen LogP contribution in [0.25, 0.3) is 0 Å². The molecule has 0 saturated carbocycles. The lowest BCUT2D eigenvalue weighted by atomic mass is 10.2. The molecule has 1 aromatic heterocycles. The molecule has 1 amide bonds. The topological polar surface area (TPSA) is 46.9 Å². The molecule has 0 aliphatic heterocycles. The molecular formula is C13H13Cl2N3O. The van der Waals surface area contributed by atoms with Gasteiger partial charge in [0.05, 0.1) is 22.8 Å². The third-order valence-corrected chi connectivity index (χ3v) is 3.19. The van der Waals surface area contributed by atoms with Gasteiger partial charge in [-0.1, -0.05) is 23.2 Å². The van der Waals surface area contributed by atoms with Crippen LogP contribution in [0.4, 0.5) is 5.69 Å². The molecule has 1 aromatic carbocycles. The van der Waals surface area contributed by atoms with E-state index in [0.717, 1.165) is 11.4 Å². The number of nitrogens with zero attached hydrogens (tertiary/aromatic N) is 2. The second-order valence-electron chi connectivity index (χ2n) is 4.25. The Morgan fingerprint density at radius 3 is 2.68 bits per heavy atom. The Bertz CT molecular complexity index is 622. The monoisotopic (exact) mass is 297 g/mol. The van der Waals surface area contributed by atoms with Gasteiger partial charge in [-0.2, -0.15) is 5.10 Å². The molecular weight excluding hydrogens is 285 g/mol. The SMILES string of the molecule is Cc1cc(CC(=O)Nc2ccc(Cl)cc2Cl)n(C)n1. The molecule has 2 aromatic rings. The zero-order chi connectivity index (χ0) is 14.0. The van der Waals surface area contributed by atoms with Crippen LogP contribution < -0.4 is 5.32 Å². The summed E-state index contributed by atoms with van der Waals surface area (Å²) in [6, 6.07) is 6.82.